The molecule has 1 aliphatic heterocycles. The number of nitrogens with zero attached hydrogens (tertiary/aromatic N) is 3. The Morgan fingerprint density at radius 3 is 3.10 bits per heavy atom. The van der Waals surface area contributed by atoms with Gasteiger partial charge in [0.25, 0.3) is 0 Å². The Morgan fingerprint density at radius 2 is 2.33 bits per heavy atom. The van der Waals surface area contributed by atoms with Crippen molar-refractivity contribution in [3.8, 4) is 0 Å². The van der Waals surface area contributed by atoms with Gasteiger partial charge in [-0.1, -0.05) is 11.6 Å². The number of hydrogen-bond donors (Lipinski definition) is 1. The highest BCUT2D eigenvalue weighted by molar-refractivity contribution is 5.79. The number of aliphatic hydroxyl groups excluding tert-OH is 1. The standard InChI is InChI=1S/C16H23N3O2/c20-12-15-7-9-19-14(6-8-17-19)11-18(15)16(21)10-13-4-2-1-3-5-13/h4,6,8,15,20H,1-3,5,7,9-12H2/t15-/m1/s1. The fraction of sp³-hybridized carbons (Fsp3) is 0.625. The van der Waals surface area contributed by atoms with Gasteiger partial charge < -0.3 is 10.0 Å². The van der Waals surface area contributed by atoms with E-state index in [0.717, 1.165) is 31.5 Å². The molecule has 1 atom stereocenters. The number of allylic oxidation sites excluding steroid dienone is 1. The summed E-state index contributed by atoms with van der Waals surface area (Å²) in [6.07, 6.45) is 9.83. The van der Waals surface area contributed by atoms with E-state index in [2.05, 4.69) is 11.2 Å². The summed E-state index contributed by atoms with van der Waals surface area (Å²) >= 11 is 0. The molecule has 5 heteroatoms. The lowest BCUT2D eigenvalue weighted by atomic mass is 9.96. The average Bonchev–Trinajstić information content (AvgIpc) is 2.87. The molecule has 0 spiro atoms. The minimum absolute atomic E-state index is 0.0234. The molecule has 3 rings (SSSR count). The highest BCUT2D eigenvalue weighted by atomic mass is 16.3. The molecule has 1 N–H and O–H groups in total. The molecule has 0 aromatic carbocycles. The summed E-state index contributed by atoms with van der Waals surface area (Å²) in [5.74, 6) is 0.136. The summed E-state index contributed by atoms with van der Waals surface area (Å²) in [5, 5.41) is 13.9. The first-order chi connectivity index (χ1) is 10.3. The third-order valence-electron chi connectivity index (χ3n) is 4.55. The normalized spacial score (nSPS) is 22.4. The molecule has 114 valence electrons. The molecule has 1 aromatic rings. The Labute approximate surface area is 125 Å². The molecule has 1 aromatic heterocycles. The number of fused-ring (bicyclic) bond motifs is 1. The monoisotopic (exact) mass is 289 g/mol. The predicted molar refractivity (Wildman–Crippen MR) is 79.4 cm³/mol. The molecule has 21 heavy (non-hydrogen) atoms. The number of rotatable bonds is 3. The van der Waals surface area contributed by atoms with Gasteiger partial charge in [-0.15, -0.1) is 0 Å². The van der Waals surface area contributed by atoms with Gasteiger partial charge in [0, 0.05) is 19.2 Å². The SMILES string of the molecule is O=C(CC1=CCCCC1)N1Cc2ccnn2CC[C@@H]1CO. The van der Waals surface area contributed by atoms with Crippen LogP contribution in [0.1, 0.15) is 44.2 Å². The third-order valence-corrected chi connectivity index (χ3v) is 4.55. The predicted octanol–water partition coefficient (Wildman–Crippen LogP) is 1.87. The van der Waals surface area contributed by atoms with Gasteiger partial charge in [0.05, 0.1) is 24.9 Å². The van der Waals surface area contributed by atoms with Crippen LogP contribution in [0, 0.1) is 0 Å². The molecular formula is C16H23N3O2. The van der Waals surface area contributed by atoms with Gasteiger partial charge in [0.2, 0.25) is 5.91 Å². The third kappa shape index (κ3) is 3.18. The molecule has 2 aliphatic rings. The van der Waals surface area contributed by atoms with Crippen molar-refractivity contribution >= 4 is 5.91 Å². The highest BCUT2D eigenvalue weighted by Gasteiger charge is 2.27. The molecular weight excluding hydrogens is 266 g/mol. The Balaban J connectivity index is 1.74. The van der Waals surface area contributed by atoms with Crippen molar-refractivity contribution in [1.82, 2.24) is 14.7 Å². The van der Waals surface area contributed by atoms with Crippen LogP contribution in [0.25, 0.3) is 0 Å². The molecule has 0 radical (unpaired) electrons. The van der Waals surface area contributed by atoms with Crippen molar-refractivity contribution in [3.05, 3.63) is 29.6 Å². The van der Waals surface area contributed by atoms with Crippen LogP contribution in [-0.2, 0) is 17.9 Å². The second-order valence-corrected chi connectivity index (χ2v) is 5.98. The fourth-order valence-electron chi connectivity index (χ4n) is 3.27. The summed E-state index contributed by atoms with van der Waals surface area (Å²) in [7, 11) is 0. The molecule has 0 saturated heterocycles. The lowest BCUT2D eigenvalue weighted by molar-refractivity contribution is -0.134. The maximum atomic E-state index is 12.7. The van der Waals surface area contributed by atoms with Gasteiger partial charge in [-0.3, -0.25) is 9.48 Å². The van der Waals surface area contributed by atoms with E-state index >= 15 is 0 Å². The second kappa shape index (κ2) is 6.43. The zero-order valence-electron chi connectivity index (χ0n) is 12.4. The van der Waals surface area contributed by atoms with Crippen LogP contribution in [0.4, 0.5) is 0 Å². The quantitative estimate of drug-likeness (QED) is 0.864. The minimum atomic E-state index is -0.0941. The molecule has 0 saturated carbocycles. The molecule has 0 bridgehead atoms. The molecule has 1 aliphatic carbocycles. The van der Waals surface area contributed by atoms with Crippen molar-refractivity contribution in [2.75, 3.05) is 6.61 Å². The number of aliphatic hydroxyl groups is 1. The Kier molecular flexibility index (Phi) is 4.39. The van der Waals surface area contributed by atoms with Crippen LogP contribution in [0.15, 0.2) is 23.9 Å². The van der Waals surface area contributed by atoms with Gasteiger partial charge in [0.1, 0.15) is 0 Å². The maximum Gasteiger partial charge on any atom is 0.227 e. The van der Waals surface area contributed by atoms with Gasteiger partial charge in [0.15, 0.2) is 0 Å². The number of amides is 1. The van der Waals surface area contributed by atoms with Crippen molar-refractivity contribution in [2.45, 2.75) is 57.7 Å². The zero-order valence-corrected chi connectivity index (χ0v) is 12.4. The van der Waals surface area contributed by atoms with E-state index in [1.165, 1.54) is 18.4 Å². The minimum Gasteiger partial charge on any atom is -0.394 e. The van der Waals surface area contributed by atoms with Crippen molar-refractivity contribution in [2.24, 2.45) is 0 Å². The van der Waals surface area contributed by atoms with Crippen molar-refractivity contribution in [1.29, 1.82) is 0 Å². The van der Waals surface area contributed by atoms with Crippen LogP contribution in [0.2, 0.25) is 0 Å². The van der Waals surface area contributed by atoms with E-state index in [1.54, 1.807) is 6.20 Å². The fourth-order valence-corrected chi connectivity index (χ4v) is 3.27. The van der Waals surface area contributed by atoms with Crippen LogP contribution in [-0.4, -0.2) is 38.3 Å². The molecule has 1 amide bonds. The summed E-state index contributed by atoms with van der Waals surface area (Å²) in [6, 6.07) is 1.86. The first-order valence-electron chi connectivity index (χ1n) is 7.87. The van der Waals surface area contributed by atoms with Crippen LogP contribution >= 0.6 is 0 Å². The van der Waals surface area contributed by atoms with Crippen molar-refractivity contribution in [3.63, 3.8) is 0 Å². The summed E-state index contributed by atoms with van der Waals surface area (Å²) in [6.45, 7) is 1.34. The van der Waals surface area contributed by atoms with Crippen LogP contribution < -0.4 is 0 Å². The lowest BCUT2D eigenvalue weighted by Crippen LogP contribution is -2.41. The van der Waals surface area contributed by atoms with Crippen LogP contribution in [0.5, 0.6) is 0 Å². The van der Waals surface area contributed by atoms with Gasteiger partial charge in [-0.05, 0) is 38.2 Å². The summed E-state index contributed by atoms with van der Waals surface area (Å²) < 4.78 is 1.94. The van der Waals surface area contributed by atoms with E-state index in [9.17, 15) is 9.90 Å². The molecule has 0 unspecified atom stereocenters. The number of hydrogen-bond acceptors (Lipinski definition) is 3. The Morgan fingerprint density at radius 1 is 1.43 bits per heavy atom. The maximum absolute atomic E-state index is 12.7. The van der Waals surface area contributed by atoms with E-state index in [4.69, 9.17) is 0 Å². The molecule has 2 heterocycles. The summed E-state index contributed by atoms with van der Waals surface area (Å²) in [4.78, 5) is 14.5. The number of aromatic nitrogens is 2. The van der Waals surface area contributed by atoms with E-state index in [0.29, 0.717) is 13.0 Å². The topological polar surface area (TPSA) is 58.4 Å². The first-order valence-corrected chi connectivity index (χ1v) is 7.87. The van der Waals surface area contributed by atoms with E-state index in [1.807, 2.05) is 15.6 Å². The highest BCUT2D eigenvalue weighted by Crippen LogP contribution is 2.23. The number of carbonyl (C=O) groups is 1. The Bertz CT molecular complexity index is 535. The molecule has 5 nitrogen and oxygen atoms in total. The van der Waals surface area contributed by atoms with Gasteiger partial charge in [-0.2, -0.15) is 5.10 Å². The zero-order chi connectivity index (χ0) is 14.7. The number of aryl methyl sites for hydroxylation is 1. The summed E-state index contributed by atoms with van der Waals surface area (Å²) in [5.41, 5.74) is 2.32. The van der Waals surface area contributed by atoms with Gasteiger partial charge in [-0.25, -0.2) is 0 Å². The first kappa shape index (κ1) is 14.3. The number of carbonyl (C=O) groups excluding carboxylic acids is 1. The van der Waals surface area contributed by atoms with Crippen LogP contribution in [0.3, 0.4) is 0 Å². The van der Waals surface area contributed by atoms with Crippen molar-refractivity contribution < 1.29 is 9.90 Å². The second-order valence-electron chi connectivity index (χ2n) is 5.98. The van der Waals surface area contributed by atoms with Gasteiger partial charge >= 0.3 is 0 Å². The largest absolute Gasteiger partial charge is 0.394 e. The smallest absolute Gasteiger partial charge is 0.227 e. The lowest BCUT2D eigenvalue weighted by Gasteiger charge is -2.29. The Hall–Kier alpha value is -1.62. The van der Waals surface area contributed by atoms with E-state index < -0.39 is 0 Å². The van der Waals surface area contributed by atoms with E-state index in [-0.39, 0.29) is 18.6 Å². The average molecular weight is 289 g/mol. The molecule has 0 fully saturated rings.